The molecule has 0 saturated heterocycles. The first kappa shape index (κ1) is 26.4. The van der Waals surface area contributed by atoms with Crippen LogP contribution in [0.4, 0.5) is 0 Å². The SMILES string of the molecule is CCC(/C=C(/C)[C@@H]1CCCCC(C)(C)c2cccc(c2)CCCC(=O)O1)CO.CO. The predicted octanol–water partition coefficient (Wildman–Crippen LogP) is 5.35. The Balaban J connectivity index is 0.00000218. The van der Waals surface area contributed by atoms with Crippen LogP contribution >= 0.6 is 0 Å². The summed E-state index contributed by atoms with van der Waals surface area (Å²) in [6.07, 6.45) is 9.09. The van der Waals surface area contributed by atoms with E-state index in [0.29, 0.717) is 6.42 Å². The normalized spacial score (nSPS) is 21.5. The van der Waals surface area contributed by atoms with E-state index < -0.39 is 0 Å². The average molecular weight is 419 g/mol. The maximum absolute atomic E-state index is 12.4. The third-order valence-corrected chi connectivity index (χ3v) is 6.11. The number of rotatable bonds is 4. The maximum Gasteiger partial charge on any atom is 0.306 e. The van der Waals surface area contributed by atoms with Gasteiger partial charge in [-0.15, -0.1) is 0 Å². The van der Waals surface area contributed by atoms with Gasteiger partial charge in [0.15, 0.2) is 0 Å². The highest BCUT2D eigenvalue weighted by Gasteiger charge is 2.22. The van der Waals surface area contributed by atoms with E-state index in [1.165, 1.54) is 11.1 Å². The second kappa shape index (κ2) is 13.6. The quantitative estimate of drug-likeness (QED) is 0.511. The van der Waals surface area contributed by atoms with E-state index in [1.807, 2.05) is 6.92 Å². The lowest BCUT2D eigenvalue weighted by atomic mass is 9.79. The lowest BCUT2D eigenvalue weighted by molar-refractivity contribution is -0.147. The van der Waals surface area contributed by atoms with Crippen molar-refractivity contribution in [3.63, 3.8) is 0 Å². The number of esters is 1. The van der Waals surface area contributed by atoms with Crippen LogP contribution in [-0.2, 0) is 21.4 Å². The van der Waals surface area contributed by atoms with E-state index >= 15 is 0 Å². The summed E-state index contributed by atoms with van der Waals surface area (Å²) in [5.41, 5.74) is 3.93. The largest absolute Gasteiger partial charge is 0.458 e. The minimum Gasteiger partial charge on any atom is -0.458 e. The zero-order valence-electron chi connectivity index (χ0n) is 19.6. The summed E-state index contributed by atoms with van der Waals surface area (Å²) in [7, 11) is 1.00. The van der Waals surface area contributed by atoms with Crippen molar-refractivity contribution in [3.05, 3.63) is 47.0 Å². The Morgan fingerprint density at radius 3 is 2.63 bits per heavy atom. The van der Waals surface area contributed by atoms with Gasteiger partial charge in [0.2, 0.25) is 0 Å². The minimum absolute atomic E-state index is 0.108. The number of cyclic esters (lactones) is 1. The Kier molecular flexibility index (Phi) is 12.0. The van der Waals surface area contributed by atoms with E-state index in [2.05, 4.69) is 51.1 Å². The Morgan fingerprint density at radius 2 is 1.97 bits per heavy atom. The summed E-state index contributed by atoms with van der Waals surface area (Å²) in [5.74, 6) is 0.0270. The maximum atomic E-state index is 12.4. The molecule has 0 radical (unpaired) electrons. The van der Waals surface area contributed by atoms with Gasteiger partial charge >= 0.3 is 5.97 Å². The van der Waals surface area contributed by atoms with Crippen molar-refractivity contribution >= 4 is 5.97 Å². The number of hydrogen-bond donors (Lipinski definition) is 2. The lowest BCUT2D eigenvalue weighted by Crippen LogP contribution is -2.22. The van der Waals surface area contributed by atoms with Crippen LogP contribution in [-0.4, -0.2) is 36.0 Å². The van der Waals surface area contributed by atoms with E-state index in [4.69, 9.17) is 9.84 Å². The molecule has 4 heteroatoms. The summed E-state index contributed by atoms with van der Waals surface area (Å²) in [4.78, 5) is 12.4. The third kappa shape index (κ3) is 8.61. The minimum atomic E-state index is -0.169. The van der Waals surface area contributed by atoms with Crippen molar-refractivity contribution in [2.75, 3.05) is 13.7 Å². The average Bonchev–Trinajstić information content (AvgIpc) is 2.75. The molecule has 2 bridgehead atoms. The van der Waals surface area contributed by atoms with Crippen molar-refractivity contribution < 1.29 is 19.7 Å². The van der Waals surface area contributed by atoms with Gasteiger partial charge in [0.05, 0.1) is 0 Å². The Labute approximate surface area is 183 Å². The van der Waals surface area contributed by atoms with Crippen molar-refractivity contribution in [1.82, 2.24) is 0 Å². The van der Waals surface area contributed by atoms with Crippen LogP contribution in [0, 0.1) is 5.92 Å². The van der Waals surface area contributed by atoms with Gasteiger partial charge in [-0.25, -0.2) is 0 Å². The molecule has 0 saturated carbocycles. The molecule has 1 aromatic rings. The molecule has 30 heavy (non-hydrogen) atoms. The number of aliphatic hydroxyl groups is 2. The molecule has 1 aliphatic rings. The molecule has 2 atom stereocenters. The number of fused-ring (bicyclic) bond motifs is 2. The molecule has 4 nitrogen and oxygen atoms in total. The van der Waals surface area contributed by atoms with Crippen LogP contribution in [0.25, 0.3) is 0 Å². The van der Waals surface area contributed by atoms with Crippen molar-refractivity contribution in [1.29, 1.82) is 0 Å². The van der Waals surface area contributed by atoms with Gasteiger partial charge in [-0.3, -0.25) is 4.79 Å². The first-order chi connectivity index (χ1) is 14.4. The van der Waals surface area contributed by atoms with Crippen molar-refractivity contribution in [3.8, 4) is 0 Å². The van der Waals surface area contributed by atoms with E-state index in [1.54, 1.807) is 0 Å². The summed E-state index contributed by atoms with van der Waals surface area (Å²) in [5, 5.41) is 16.5. The van der Waals surface area contributed by atoms with E-state index in [-0.39, 0.29) is 30.0 Å². The molecule has 0 amide bonds. The van der Waals surface area contributed by atoms with E-state index in [0.717, 1.165) is 57.6 Å². The molecule has 1 aliphatic heterocycles. The second-order valence-electron chi connectivity index (χ2n) is 8.92. The number of aryl methyl sites for hydroxylation is 1. The highest BCUT2D eigenvalue weighted by Crippen LogP contribution is 2.31. The van der Waals surface area contributed by atoms with Crippen LogP contribution in [0.2, 0.25) is 0 Å². The van der Waals surface area contributed by atoms with Crippen LogP contribution in [0.1, 0.15) is 83.8 Å². The smallest absolute Gasteiger partial charge is 0.306 e. The fraction of sp³-hybridized carbons (Fsp3) is 0.654. The summed E-state index contributed by atoms with van der Waals surface area (Å²) < 4.78 is 5.87. The topological polar surface area (TPSA) is 66.8 Å². The van der Waals surface area contributed by atoms with Gasteiger partial charge < -0.3 is 14.9 Å². The van der Waals surface area contributed by atoms with Gasteiger partial charge in [-0.1, -0.05) is 57.5 Å². The summed E-state index contributed by atoms with van der Waals surface area (Å²) in [6, 6.07) is 8.85. The van der Waals surface area contributed by atoms with Crippen LogP contribution in [0.15, 0.2) is 35.9 Å². The summed E-state index contributed by atoms with van der Waals surface area (Å²) in [6.45, 7) is 8.90. The molecular formula is C26H42O4. The second-order valence-corrected chi connectivity index (χ2v) is 8.92. The highest BCUT2D eigenvalue weighted by molar-refractivity contribution is 5.69. The molecule has 1 aromatic carbocycles. The molecule has 0 fully saturated rings. The van der Waals surface area contributed by atoms with Crippen molar-refractivity contribution in [2.24, 2.45) is 5.92 Å². The van der Waals surface area contributed by atoms with Gasteiger partial charge in [0, 0.05) is 26.1 Å². The number of carbonyl (C=O) groups is 1. The van der Waals surface area contributed by atoms with Gasteiger partial charge in [0.25, 0.3) is 0 Å². The number of hydrogen-bond acceptors (Lipinski definition) is 4. The van der Waals surface area contributed by atoms with Crippen molar-refractivity contribution in [2.45, 2.75) is 90.6 Å². The fourth-order valence-corrected chi connectivity index (χ4v) is 4.00. The number of benzene rings is 1. The lowest BCUT2D eigenvalue weighted by Gasteiger charge is -2.27. The fourth-order valence-electron chi connectivity index (χ4n) is 4.00. The molecule has 1 heterocycles. The monoisotopic (exact) mass is 418 g/mol. The van der Waals surface area contributed by atoms with Gasteiger partial charge in [0.1, 0.15) is 6.10 Å². The number of aliphatic hydroxyl groups excluding tert-OH is 2. The molecule has 170 valence electrons. The molecule has 2 N–H and O–H groups in total. The van der Waals surface area contributed by atoms with Gasteiger partial charge in [-0.05, 0) is 67.6 Å². The molecule has 0 aromatic heterocycles. The summed E-state index contributed by atoms with van der Waals surface area (Å²) >= 11 is 0. The standard InChI is InChI=1S/C25H38O3.CH4O/c1-5-20(18-26)16-19(2)23-13-6-7-15-25(3,4)22-12-8-10-21(17-22)11-9-14-24(27)28-23;1-2/h8,10,12,16-17,20,23,26H,5-7,9,11,13-15,18H2,1-4H3;2H,1H3/b19-16-;/t20?,23-;/m0./s1. The Hall–Kier alpha value is -1.65. The van der Waals surface area contributed by atoms with Crippen LogP contribution in [0.3, 0.4) is 0 Å². The highest BCUT2D eigenvalue weighted by atomic mass is 16.5. The molecule has 0 aliphatic carbocycles. The third-order valence-electron chi connectivity index (χ3n) is 6.11. The Morgan fingerprint density at radius 1 is 1.23 bits per heavy atom. The first-order valence-corrected chi connectivity index (χ1v) is 11.4. The zero-order chi connectivity index (χ0) is 22.6. The number of carbonyl (C=O) groups excluding carboxylic acids is 1. The van der Waals surface area contributed by atoms with Gasteiger partial charge in [-0.2, -0.15) is 0 Å². The molecule has 2 rings (SSSR count). The number of ether oxygens (including phenoxy) is 1. The predicted molar refractivity (Wildman–Crippen MR) is 124 cm³/mol. The van der Waals surface area contributed by atoms with Crippen LogP contribution in [0.5, 0.6) is 0 Å². The molecule has 1 unspecified atom stereocenters. The molecular weight excluding hydrogens is 376 g/mol. The zero-order valence-corrected chi connectivity index (χ0v) is 19.6. The first-order valence-electron chi connectivity index (χ1n) is 11.4. The Bertz CT molecular complexity index is 659. The molecule has 0 spiro atoms. The van der Waals surface area contributed by atoms with E-state index in [9.17, 15) is 9.90 Å². The van der Waals surface area contributed by atoms with Crippen LogP contribution < -0.4 is 0 Å².